The van der Waals surface area contributed by atoms with Gasteiger partial charge in [-0.3, -0.25) is 9.80 Å². The Bertz CT molecular complexity index is 422. The molecule has 1 aromatic rings. The van der Waals surface area contributed by atoms with Crippen LogP contribution in [0.25, 0.3) is 0 Å². The summed E-state index contributed by atoms with van der Waals surface area (Å²) >= 11 is 0. The van der Waals surface area contributed by atoms with E-state index in [4.69, 9.17) is 0 Å². The standard InChI is InChI=1S/C15H27N5/c1-3-16-13(11-15-17-5-6-19(15)4-2)14-12-18-7-9-20(14)10-8-18/h5-6,13-14,16H,3-4,7-12H2,1-2H3. The van der Waals surface area contributed by atoms with E-state index in [9.17, 15) is 0 Å². The minimum absolute atomic E-state index is 0.510. The second-order valence-corrected chi connectivity index (χ2v) is 5.90. The molecule has 1 aromatic heterocycles. The molecule has 3 aliphatic rings. The van der Waals surface area contributed by atoms with E-state index in [1.165, 1.54) is 38.5 Å². The molecule has 3 aliphatic heterocycles. The molecular weight excluding hydrogens is 250 g/mol. The second-order valence-electron chi connectivity index (χ2n) is 5.90. The smallest absolute Gasteiger partial charge is 0.110 e. The lowest BCUT2D eigenvalue weighted by Gasteiger charge is -2.50. The molecule has 3 saturated heterocycles. The van der Waals surface area contributed by atoms with Crippen molar-refractivity contribution in [3.05, 3.63) is 18.2 Å². The van der Waals surface area contributed by atoms with Gasteiger partial charge >= 0.3 is 0 Å². The molecule has 0 aromatic carbocycles. The van der Waals surface area contributed by atoms with E-state index in [2.05, 4.69) is 44.7 Å². The van der Waals surface area contributed by atoms with Crippen molar-refractivity contribution in [2.75, 3.05) is 39.3 Å². The maximum atomic E-state index is 4.56. The summed E-state index contributed by atoms with van der Waals surface area (Å²) in [5.41, 5.74) is 0. The molecule has 2 bridgehead atoms. The molecule has 20 heavy (non-hydrogen) atoms. The maximum Gasteiger partial charge on any atom is 0.110 e. The molecular formula is C15H27N5. The summed E-state index contributed by atoms with van der Waals surface area (Å²) in [7, 11) is 0. The number of aromatic nitrogens is 2. The molecule has 0 saturated carbocycles. The normalized spacial score (nSPS) is 30.6. The summed E-state index contributed by atoms with van der Waals surface area (Å²) in [5.74, 6) is 1.22. The van der Waals surface area contributed by atoms with Crippen molar-refractivity contribution in [2.45, 2.75) is 38.9 Å². The first-order valence-electron chi connectivity index (χ1n) is 8.01. The van der Waals surface area contributed by atoms with E-state index in [0.29, 0.717) is 12.1 Å². The molecule has 1 N–H and O–H groups in total. The van der Waals surface area contributed by atoms with Crippen molar-refractivity contribution in [2.24, 2.45) is 0 Å². The minimum atomic E-state index is 0.510. The van der Waals surface area contributed by atoms with Gasteiger partial charge in [0, 0.05) is 70.2 Å². The van der Waals surface area contributed by atoms with Crippen LogP contribution in [0.1, 0.15) is 19.7 Å². The van der Waals surface area contributed by atoms with Gasteiger partial charge in [-0.25, -0.2) is 4.98 Å². The molecule has 112 valence electrons. The highest BCUT2D eigenvalue weighted by atomic mass is 15.4. The third-order valence-electron chi connectivity index (χ3n) is 4.80. The number of piperazine rings is 3. The molecule has 2 unspecified atom stereocenters. The van der Waals surface area contributed by atoms with E-state index in [-0.39, 0.29) is 0 Å². The molecule has 3 fully saturated rings. The Morgan fingerprint density at radius 1 is 1.30 bits per heavy atom. The monoisotopic (exact) mass is 277 g/mol. The van der Waals surface area contributed by atoms with E-state index >= 15 is 0 Å². The lowest BCUT2D eigenvalue weighted by atomic mass is 9.97. The number of rotatable bonds is 6. The Hall–Kier alpha value is -0.910. The number of likely N-dealkylation sites (N-methyl/N-ethyl adjacent to an activating group) is 1. The van der Waals surface area contributed by atoms with E-state index in [1.54, 1.807) is 0 Å². The molecule has 4 rings (SSSR count). The van der Waals surface area contributed by atoms with Gasteiger partial charge in [0.05, 0.1) is 0 Å². The largest absolute Gasteiger partial charge is 0.335 e. The van der Waals surface area contributed by atoms with E-state index in [1.807, 2.05) is 6.20 Å². The molecule has 5 nitrogen and oxygen atoms in total. The molecule has 2 atom stereocenters. The summed E-state index contributed by atoms with van der Waals surface area (Å²) in [6.45, 7) is 12.6. The second kappa shape index (κ2) is 6.24. The van der Waals surface area contributed by atoms with Gasteiger partial charge in [0.25, 0.3) is 0 Å². The fourth-order valence-electron chi connectivity index (χ4n) is 3.66. The van der Waals surface area contributed by atoms with Crippen LogP contribution in [0.2, 0.25) is 0 Å². The van der Waals surface area contributed by atoms with Gasteiger partial charge in [-0.05, 0) is 13.5 Å². The van der Waals surface area contributed by atoms with Gasteiger partial charge in [-0.1, -0.05) is 6.92 Å². The number of hydrogen-bond donors (Lipinski definition) is 1. The molecule has 0 spiro atoms. The number of nitrogens with one attached hydrogen (secondary N) is 1. The third-order valence-corrected chi connectivity index (χ3v) is 4.80. The van der Waals surface area contributed by atoms with Gasteiger partial charge in [-0.2, -0.15) is 0 Å². The summed E-state index contributed by atoms with van der Waals surface area (Å²) in [5, 5.41) is 3.71. The van der Waals surface area contributed by atoms with Crippen LogP contribution in [-0.4, -0.2) is 70.7 Å². The van der Waals surface area contributed by atoms with Crippen molar-refractivity contribution in [3.63, 3.8) is 0 Å². The summed E-state index contributed by atoms with van der Waals surface area (Å²) in [6.07, 6.45) is 5.05. The highest BCUT2D eigenvalue weighted by molar-refractivity contribution is 5.02. The Morgan fingerprint density at radius 2 is 2.10 bits per heavy atom. The fraction of sp³-hybridized carbons (Fsp3) is 0.800. The lowest BCUT2D eigenvalue weighted by Crippen LogP contribution is -2.66. The van der Waals surface area contributed by atoms with Crippen LogP contribution in [0.3, 0.4) is 0 Å². The van der Waals surface area contributed by atoms with Crippen LogP contribution >= 0.6 is 0 Å². The molecule has 4 heterocycles. The number of aryl methyl sites for hydroxylation is 1. The average Bonchev–Trinajstić information content (AvgIpc) is 2.95. The summed E-state index contributed by atoms with van der Waals surface area (Å²) < 4.78 is 2.26. The van der Waals surface area contributed by atoms with Crippen LogP contribution in [0.4, 0.5) is 0 Å². The first kappa shape index (κ1) is 14.0. The van der Waals surface area contributed by atoms with E-state index in [0.717, 1.165) is 19.5 Å². The van der Waals surface area contributed by atoms with Gasteiger partial charge in [-0.15, -0.1) is 0 Å². The average molecular weight is 277 g/mol. The Kier molecular flexibility index (Phi) is 4.38. The maximum absolute atomic E-state index is 4.56. The SMILES string of the molecule is CCNC(Cc1nccn1CC)C1CN2CCN1CC2. The molecule has 0 amide bonds. The van der Waals surface area contributed by atoms with Gasteiger partial charge in [0.15, 0.2) is 0 Å². The number of nitrogens with zero attached hydrogens (tertiary/aromatic N) is 4. The van der Waals surface area contributed by atoms with Gasteiger partial charge in [0.1, 0.15) is 5.82 Å². The zero-order valence-electron chi connectivity index (χ0n) is 12.8. The lowest BCUT2D eigenvalue weighted by molar-refractivity contribution is -0.00326. The topological polar surface area (TPSA) is 36.3 Å². The molecule has 0 aliphatic carbocycles. The number of imidazole rings is 1. The van der Waals surface area contributed by atoms with Crippen LogP contribution < -0.4 is 5.32 Å². The van der Waals surface area contributed by atoms with Crippen LogP contribution in [0.15, 0.2) is 12.4 Å². The third kappa shape index (κ3) is 2.75. The zero-order valence-corrected chi connectivity index (χ0v) is 12.8. The van der Waals surface area contributed by atoms with Crippen LogP contribution in [0, 0.1) is 0 Å². The minimum Gasteiger partial charge on any atom is -0.335 e. The van der Waals surface area contributed by atoms with Crippen molar-refractivity contribution in [3.8, 4) is 0 Å². The van der Waals surface area contributed by atoms with Crippen LogP contribution in [-0.2, 0) is 13.0 Å². The van der Waals surface area contributed by atoms with Crippen LogP contribution in [0.5, 0.6) is 0 Å². The first-order chi connectivity index (χ1) is 9.81. The number of fused-ring (bicyclic) bond motifs is 3. The van der Waals surface area contributed by atoms with Crippen molar-refractivity contribution in [1.29, 1.82) is 0 Å². The fourth-order valence-corrected chi connectivity index (χ4v) is 3.66. The predicted octanol–water partition coefficient (Wildman–Crippen LogP) is 0.423. The van der Waals surface area contributed by atoms with Crippen molar-refractivity contribution < 1.29 is 0 Å². The summed E-state index contributed by atoms with van der Waals surface area (Å²) in [4.78, 5) is 9.84. The van der Waals surface area contributed by atoms with Crippen molar-refractivity contribution >= 4 is 0 Å². The summed E-state index contributed by atoms with van der Waals surface area (Å²) in [6, 6.07) is 1.15. The molecule has 0 radical (unpaired) electrons. The van der Waals surface area contributed by atoms with Crippen molar-refractivity contribution in [1.82, 2.24) is 24.7 Å². The first-order valence-corrected chi connectivity index (χ1v) is 8.01. The Balaban J connectivity index is 1.72. The molecule has 5 heteroatoms. The van der Waals surface area contributed by atoms with Gasteiger partial charge in [0.2, 0.25) is 0 Å². The highest BCUT2D eigenvalue weighted by Crippen LogP contribution is 2.20. The van der Waals surface area contributed by atoms with E-state index < -0.39 is 0 Å². The number of hydrogen-bond acceptors (Lipinski definition) is 4. The Morgan fingerprint density at radius 3 is 2.70 bits per heavy atom. The zero-order chi connectivity index (χ0) is 13.9. The Labute approximate surface area is 122 Å². The predicted molar refractivity (Wildman–Crippen MR) is 80.9 cm³/mol. The quantitative estimate of drug-likeness (QED) is 0.818. The van der Waals surface area contributed by atoms with Gasteiger partial charge < -0.3 is 9.88 Å². The highest BCUT2D eigenvalue weighted by Gasteiger charge is 2.36.